The van der Waals surface area contributed by atoms with Crippen molar-refractivity contribution in [1.82, 2.24) is 9.78 Å². The molecule has 2 aromatic rings. The molecule has 1 amide bonds. The third-order valence-electron chi connectivity index (χ3n) is 3.97. The molecule has 1 fully saturated rings. The number of aryl methyl sites for hydroxylation is 1. The highest BCUT2D eigenvalue weighted by atomic mass is 32.2. The maximum absolute atomic E-state index is 12.5. The fourth-order valence-corrected chi connectivity index (χ4v) is 3.38. The van der Waals surface area contributed by atoms with Crippen LogP contribution in [0.25, 0.3) is 0 Å². The second-order valence-electron chi connectivity index (χ2n) is 5.68. The Kier molecular flexibility index (Phi) is 4.46. The van der Waals surface area contributed by atoms with E-state index >= 15 is 0 Å². The van der Waals surface area contributed by atoms with E-state index in [1.807, 2.05) is 0 Å². The predicted molar refractivity (Wildman–Crippen MR) is 87.2 cm³/mol. The molecule has 1 aliphatic rings. The van der Waals surface area contributed by atoms with Gasteiger partial charge in [0.15, 0.2) is 0 Å². The van der Waals surface area contributed by atoms with Crippen LogP contribution in [0.2, 0.25) is 0 Å². The normalized spacial score (nSPS) is 18.2. The standard InChI is InChI=1S/C15H16F2N4O3S/c1-20-9-11(8-18-20)21-7-6-13(14(21)22)19-10-2-4-12(5-3-10)25(23,24)15(16)17/h2-5,8-9,13,15,19H,6-7H2,1H3. The van der Waals surface area contributed by atoms with Gasteiger partial charge in [-0.15, -0.1) is 0 Å². The van der Waals surface area contributed by atoms with Crippen LogP contribution in [0.5, 0.6) is 0 Å². The predicted octanol–water partition coefficient (Wildman–Crippen LogP) is 1.63. The van der Waals surface area contributed by atoms with Crippen LogP contribution in [-0.2, 0) is 21.7 Å². The summed E-state index contributed by atoms with van der Waals surface area (Å²) >= 11 is 0. The van der Waals surface area contributed by atoms with Crippen molar-refractivity contribution in [2.45, 2.75) is 23.1 Å². The van der Waals surface area contributed by atoms with Gasteiger partial charge >= 0.3 is 5.76 Å². The number of carbonyl (C=O) groups excluding carboxylic acids is 1. The van der Waals surface area contributed by atoms with Crippen molar-refractivity contribution >= 4 is 27.1 Å². The van der Waals surface area contributed by atoms with Gasteiger partial charge in [-0.25, -0.2) is 8.42 Å². The first-order valence-electron chi connectivity index (χ1n) is 7.48. The smallest absolute Gasteiger partial charge is 0.341 e. The molecule has 1 saturated heterocycles. The number of halogens is 2. The fraction of sp³-hybridized carbons (Fsp3) is 0.333. The van der Waals surface area contributed by atoms with Gasteiger partial charge in [0, 0.05) is 25.5 Å². The Morgan fingerprint density at radius 2 is 1.96 bits per heavy atom. The topological polar surface area (TPSA) is 84.3 Å². The average molecular weight is 370 g/mol. The van der Waals surface area contributed by atoms with E-state index in [0.717, 1.165) is 12.1 Å². The number of hydrogen-bond acceptors (Lipinski definition) is 5. The van der Waals surface area contributed by atoms with E-state index in [1.165, 1.54) is 12.1 Å². The largest absolute Gasteiger partial charge is 0.374 e. The number of hydrogen-bond donors (Lipinski definition) is 1. The second kappa shape index (κ2) is 6.43. The number of benzene rings is 1. The lowest BCUT2D eigenvalue weighted by Crippen LogP contribution is -2.33. The van der Waals surface area contributed by atoms with E-state index < -0.39 is 26.5 Å². The summed E-state index contributed by atoms with van der Waals surface area (Å²) in [4.78, 5) is 13.6. The van der Waals surface area contributed by atoms with Gasteiger partial charge in [0.2, 0.25) is 15.7 Å². The number of anilines is 2. The first-order valence-corrected chi connectivity index (χ1v) is 9.02. The van der Waals surface area contributed by atoms with Crippen molar-refractivity contribution in [3.8, 4) is 0 Å². The number of carbonyl (C=O) groups is 1. The van der Waals surface area contributed by atoms with Gasteiger partial charge in [-0.05, 0) is 30.7 Å². The Morgan fingerprint density at radius 3 is 2.52 bits per heavy atom. The SMILES string of the molecule is Cn1cc(N2CCC(Nc3ccc(S(=O)(=O)C(F)F)cc3)C2=O)cn1. The van der Waals surface area contributed by atoms with Crippen LogP contribution < -0.4 is 10.2 Å². The van der Waals surface area contributed by atoms with Crippen LogP contribution in [-0.4, -0.2) is 42.4 Å². The highest BCUT2D eigenvalue weighted by molar-refractivity contribution is 7.91. The molecule has 134 valence electrons. The highest BCUT2D eigenvalue weighted by Gasteiger charge is 2.33. The summed E-state index contributed by atoms with van der Waals surface area (Å²) in [6.07, 6.45) is 3.90. The average Bonchev–Trinajstić information content (AvgIpc) is 3.14. The molecule has 1 N–H and O–H groups in total. The minimum atomic E-state index is -4.62. The Labute approximate surface area is 143 Å². The third kappa shape index (κ3) is 3.34. The van der Waals surface area contributed by atoms with Crippen molar-refractivity contribution in [1.29, 1.82) is 0 Å². The number of sulfone groups is 1. The van der Waals surface area contributed by atoms with E-state index in [4.69, 9.17) is 0 Å². The monoisotopic (exact) mass is 370 g/mol. The molecule has 0 saturated carbocycles. The molecule has 1 aliphatic heterocycles. The fourth-order valence-electron chi connectivity index (χ4n) is 2.66. The zero-order chi connectivity index (χ0) is 18.2. The third-order valence-corrected chi connectivity index (χ3v) is 5.37. The van der Waals surface area contributed by atoms with Gasteiger partial charge in [0.25, 0.3) is 0 Å². The molecule has 3 rings (SSSR count). The molecule has 1 unspecified atom stereocenters. The number of rotatable bonds is 5. The first-order chi connectivity index (χ1) is 11.8. The van der Waals surface area contributed by atoms with Crippen LogP contribution >= 0.6 is 0 Å². The van der Waals surface area contributed by atoms with Gasteiger partial charge in [0.1, 0.15) is 6.04 Å². The first kappa shape index (κ1) is 17.3. The van der Waals surface area contributed by atoms with Gasteiger partial charge in [-0.2, -0.15) is 13.9 Å². The van der Waals surface area contributed by atoms with Gasteiger partial charge in [0.05, 0.1) is 16.8 Å². The summed E-state index contributed by atoms with van der Waals surface area (Å²) < 4.78 is 49.5. The molecule has 1 aromatic carbocycles. The van der Waals surface area contributed by atoms with Crippen LogP contribution in [0.1, 0.15) is 6.42 Å². The zero-order valence-electron chi connectivity index (χ0n) is 13.3. The Morgan fingerprint density at radius 1 is 1.28 bits per heavy atom. The summed E-state index contributed by atoms with van der Waals surface area (Å²) in [5.41, 5.74) is 1.19. The zero-order valence-corrected chi connectivity index (χ0v) is 14.1. The van der Waals surface area contributed by atoms with E-state index in [0.29, 0.717) is 24.3 Å². The van der Waals surface area contributed by atoms with Gasteiger partial charge in [-0.1, -0.05) is 0 Å². The maximum atomic E-state index is 12.5. The van der Waals surface area contributed by atoms with Crippen molar-refractivity contribution < 1.29 is 22.0 Å². The van der Waals surface area contributed by atoms with E-state index in [-0.39, 0.29) is 5.91 Å². The molecular formula is C15H16F2N4O3S. The molecule has 25 heavy (non-hydrogen) atoms. The summed E-state index contributed by atoms with van der Waals surface area (Å²) in [6.45, 7) is 0.528. The van der Waals surface area contributed by atoms with Crippen LogP contribution in [0.4, 0.5) is 20.2 Å². The molecule has 0 aliphatic carbocycles. The number of amides is 1. The van der Waals surface area contributed by atoms with Crippen LogP contribution in [0.3, 0.4) is 0 Å². The lowest BCUT2D eigenvalue weighted by Gasteiger charge is -2.16. The molecule has 10 heteroatoms. The van der Waals surface area contributed by atoms with Crippen molar-refractivity contribution in [3.63, 3.8) is 0 Å². The van der Waals surface area contributed by atoms with Gasteiger partial charge < -0.3 is 10.2 Å². The molecule has 0 spiro atoms. The van der Waals surface area contributed by atoms with Crippen molar-refractivity contribution in [3.05, 3.63) is 36.7 Å². The summed E-state index contributed by atoms with van der Waals surface area (Å²) in [7, 11) is -2.86. The quantitative estimate of drug-likeness (QED) is 0.865. The van der Waals surface area contributed by atoms with E-state index in [1.54, 1.807) is 29.0 Å². The van der Waals surface area contributed by atoms with Crippen LogP contribution in [0, 0.1) is 0 Å². The second-order valence-corrected chi connectivity index (χ2v) is 7.60. The minimum absolute atomic E-state index is 0.128. The minimum Gasteiger partial charge on any atom is -0.374 e. The van der Waals surface area contributed by atoms with Crippen LogP contribution in [0.15, 0.2) is 41.6 Å². The molecule has 2 heterocycles. The molecule has 1 atom stereocenters. The molecule has 0 radical (unpaired) electrons. The lowest BCUT2D eigenvalue weighted by molar-refractivity contribution is -0.117. The summed E-state index contributed by atoms with van der Waals surface area (Å²) in [6, 6.07) is 4.47. The Hall–Kier alpha value is -2.49. The number of nitrogens with zero attached hydrogens (tertiary/aromatic N) is 3. The molecule has 1 aromatic heterocycles. The Balaban J connectivity index is 1.70. The number of nitrogens with one attached hydrogen (secondary N) is 1. The lowest BCUT2D eigenvalue weighted by atomic mass is 10.2. The number of aromatic nitrogens is 2. The van der Waals surface area contributed by atoms with Crippen molar-refractivity contribution in [2.24, 2.45) is 7.05 Å². The summed E-state index contributed by atoms with van der Waals surface area (Å²) in [5.74, 6) is -3.59. The Bertz CT molecular complexity index is 880. The molecule has 7 nitrogen and oxygen atoms in total. The summed E-state index contributed by atoms with van der Waals surface area (Å²) in [5, 5.41) is 7.04. The molecular weight excluding hydrogens is 354 g/mol. The highest BCUT2D eigenvalue weighted by Crippen LogP contribution is 2.25. The maximum Gasteiger partial charge on any atom is 0.341 e. The molecule has 0 bridgehead atoms. The van der Waals surface area contributed by atoms with Crippen molar-refractivity contribution in [2.75, 3.05) is 16.8 Å². The van der Waals surface area contributed by atoms with E-state index in [9.17, 15) is 22.0 Å². The van der Waals surface area contributed by atoms with Gasteiger partial charge in [-0.3, -0.25) is 9.48 Å². The number of alkyl halides is 2. The van der Waals surface area contributed by atoms with E-state index in [2.05, 4.69) is 10.4 Å².